The van der Waals surface area contributed by atoms with Gasteiger partial charge in [0.1, 0.15) is 23.0 Å². The highest BCUT2D eigenvalue weighted by Gasteiger charge is 2.29. The van der Waals surface area contributed by atoms with Crippen LogP contribution in [0, 0.1) is 5.92 Å². The zero-order valence-electron chi connectivity index (χ0n) is 20.1. The molecule has 1 saturated heterocycles. The van der Waals surface area contributed by atoms with E-state index in [2.05, 4.69) is 31.0 Å². The van der Waals surface area contributed by atoms with Gasteiger partial charge in [0.15, 0.2) is 0 Å². The summed E-state index contributed by atoms with van der Waals surface area (Å²) in [4.78, 5) is 40.8. The number of esters is 1. The van der Waals surface area contributed by atoms with Crippen LogP contribution in [0.4, 0.5) is 10.6 Å². The van der Waals surface area contributed by atoms with Gasteiger partial charge in [-0.15, -0.1) is 11.3 Å². The molecular formula is C24H35N5O3S. The van der Waals surface area contributed by atoms with Crippen LogP contribution in [-0.4, -0.2) is 66.2 Å². The molecule has 2 aromatic rings. The monoisotopic (exact) mass is 473 g/mol. The van der Waals surface area contributed by atoms with Crippen LogP contribution in [0.15, 0.2) is 0 Å². The molecular weight excluding hydrogens is 438 g/mol. The predicted molar refractivity (Wildman–Crippen MR) is 131 cm³/mol. The maximum absolute atomic E-state index is 12.5. The largest absolute Gasteiger partial charge is 0.465 e. The summed E-state index contributed by atoms with van der Waals surface area (Å²) in [5.41, 5.74) is 1.44. The number of carbonyl (C=O) groups is 2. The number of hydrogen-bond acceptors (Lipinski definition) is 7. The van der Waals surface area contributed by atoms with E-state index in [1.54, 1.807) is 11.8 Å². The number of carbonyl (C=O) groups excluding carboxylic acids is 2. The van der Waals surface area contributed by atoms with Gasteiger partial charge in [-0.1, -0.05) is 20.8 Å². The quantitative estimate of drug-likeness (QED) is 0.644. The summed E-state index contributed by atoms with van der Waals surface area (Å²) < 4.78 is 4.89. The van der Waals surface area contributed by atoms with Crippen LogP contribution in [0.2, 0.25) is 0 Å². The second-order valence-electron chi connectivity index (χ2n) is 9.18. The van der Waals surface area contributed by atoms with Crippen LogP contribution < -0.4 is 10.2 Å². The minimum atomic E-state index is -0.415. The van der Waals surface area contributed by atoms with E-state index in [-0.39, 0.29) is 12.6 Å². The summed E-state index contributed by atoms with van der Waals surface area (Å²) in [5, 5.41) is 3.89. The Kier molecular flexibility index (Phi) is 7.36. The molecule has 3 heterocycles. The van der Waals surface area contributed by atoms with Gasteiger partial charge in [0.2, 0.25) is 0 Å². The maximum Gasteiger partial charge on any atom is 0.325 e. The highest BCUT2D eigenvalue weighted by atomic mass is 32.1. The Morgan fingerprint density at radius 3 is 2.67 bits per heavy atom. The molecule has 2 aliphatic rings. The SMILES string of the molecule is CCOC(=O)CNC(=O)N1CCN(c2nc([C@@H](C)CC)nc3sc4c(c23)CC[C@@H](C)C4)CC1. The third kappa shape index (κ3) is 5.08. The number of rotatable bonds is 6. The third-order valence-electron chi connectivity index (χ3n) is 6.76. The Balaban J connectivity index is 1.54. The fraction of sp³-hybridized carbons (Fsp3) is 0.667. The van der Waals surface area contributed by atoms with Gasteiger partial charge < -0.3 is 19.9 Å². The van der Waals surface area contributed by atoms with Crippen molar-refractivity contribution in [3.63, 3.8) is 0 Å². The molecule has 0 radical (unpaired) electrons. The fourth-order valence-corrected chi connectivity index (χ4v) is 5.95. The Morgan fingerprint density at radius 2 is 1.97 bits per heavy atom. The number of nitrogens with zero attached hydrogens (tertiary/aromatic N) is 4. The molecule has 1 aliphatic heterocycles. The summed E-state index contributed by atoms with van der Waals surface area (Å²) in [7, 11) is 0. The summed E-state index contributed by atoms with van der Waals surface area (Å²) in [6.45, 7) is 11.2. The van der Waals surface area contributed by atoms with E-state index in [1.165, 1.54) is 22.2 Å². The lowest BCUT2D eigenvalue weighted by atomic mass is 9.89. The van der Waals surface area contributed by atoms with Crippen LogP contribution >= 0.6 is 11.3 Å². The van der Waals surface area contributed by atoms with E-state index in [1.807, 2.05) is 11.3 Å². The van der Waals surface area contributed by atoms with Gasteiger partial charge in [0.05, 0.1) is 12.0 Å². The fourth-order valence-electron chi connectivity index (χ4n) is 4.56. The average Bonchev–Trinajstić information content (AvgIpc) is 3.19. The molecule has 0 spiro atoms. The van der Waals surface area contributed by atoms with E-state index < -0.39 is 5.97 Å². The van der Waals surface area contributed by atoms with Gasteiger partial charge in [-0.2, -0.15) is 0 Å². The Bertz CT molecular complexity index is 1020. The molecule has 2 amide bonds. The number of thiophene rings is 1. The van der Waals surface area contributed by atoms with E-state index >= 15 is 0 Å². The number of aromatic nitrogens is 2. The second-order valence-corrected chi connectivity index (χ2v) is 10.3. The lowest BCUT2D eigenvalue weighted by molar-refractivity contribution is -0.141. The minimum Gasteiger partial charge on any atom is -0.465 e. The molecule has 8 nitrogen and oxygen atoms in total. The molecule has 1 N–H and O–H groups in total. The number of urea groups is 1. The Morgan fingerprint density at radius 1 is 1.21 bits per heavy atom. The highest BCUT2D eigenvalue weighted by molar-refractivity contribution is 7.19. The second kappa shape index (κ2) is 10.2. The van der Waals surface area contributed by atoms with Crippen LogP contribution in [0.1, 0.15) is 62.7 Å². The summed E-state index contributed by atoms with van der Waals surface area (Å²) in [6, 6.07) is -0.224. The van der Waals surface area contributed by atoms with Crippen molar-refractivity contribution >= 4 is 39.4 Å². The van der Waals surface area contributed by atoms with Gasteiger partial charge in [-0.05, 0) is 44.1 Å². The number of aryl methyl sites for hydroxylation is 1. The summed E-state index contributed by atoms with van der Waals surface area (Å²) in [6.07, 6.45) is 4.43. The van der Waals surface area contributed by atoms with Crippen molar-refractivity contribution in [2.75, 3.05) is 44.2 Å². The molecule has 4 rings (SSSR count). The molecule has 33 heavy (non-hydrogen) atoms. The third-order valence-corrected chi connectivity index (χ3v) is 7.91. The number of nitrogens with one attached hydrogen (secondary N) is 1. The van der Waals surface area contributed by atoms with Crippen molar-refractivity contribution in [3.8, 4) is 0 Å². The molecule has 1 aliphatic carbocycles. The van der Waals surface area contributed by atoms with E-state index in [0.29, 0.717) is 44.6 Å². The molecule has 9 heteroatoms. The maximum atomic E-state index is 12.5. The molecule has 0 bridgehead atoms. The first-order valence-electron chi connectivity index (χ1n) is 12.2. The minimum absolute atomic E-state index is 0.100. The number of piperazine rings is 1. The van der Waals surface area contributed by atoms with Gasteiger partial charge in [-0.3, -0.25) is 4.79 Å². The Labute approximate surface area is 199 Å². The lowest BCUT2D eigenvalue weighted by Gasteiger charge is -2.36. The zero-order chi connectivity index (χ0) is 23.5. The van der Waals surface area contributed by atoms with Crippen molar-refractivity contribution in [2.24, 2.45) is 5.92 Å². The van der Waals surface area contributed by atoms with Crippen LogP contribution in [0.25, 0.3) is 10.2 Å². The molecule has 0 aromatic carbocycles. The normalized spacial score (nSPS) is 19.3. The van der Waals surface area contributed by atoms with Crippen LogP contribution in [0.5, 0.6) is 0 Å². The topological polar surface area (TPSA) is 87.7 Å². The van der Waals surface area contributed by atoms with Crippen molar-refractivity contribution < 1.29 is 14.3 Å². The van der Waals surface area contributed by atoms with Crippen molar-refractivity contribution in [3.05, 3.63) is 16.3 Å². The zero-order valence-corrected chi connectivity index (χ0v) is 21.0. The van der Waals surface area contributed by atoms with Gasteiger partial charge in [-0.25, -0.2) is 14.8 Å². The first kappa shape index (κ1) is 23.7. The number of fused-ring (bicyclic) bond motifs is 3. The molecule has 0 saturated carbocycles. The molecule has 2 aromatic heterocycles. The first-order chi connectivity index (χ1) is 15.9. The molecule has 0 unspecified atom stereocenters. The molecule has 1 fully saturated rings. The van der Waals surface area contributed by atoms with Gasteiger partial charge in [0, 0.05) is 37.0 Å². The lowest BCUT2D eigenvalue weighted by Crippen LogP contribution is -2.52. The van der Waals surface area contributed by atoms with Crippen molar-refractivity contribution in [2.45, 2.75) is 59.3 Å². The van der Waals surface area contributed by atoms with Crippen molar-refractivity contribution in [1.82, 2.24) is 20.2 Å². The van der Waals surface area contributed by atoms with Crippen LogP contribution in [-0.2, 0) is 22.4 Å². The predicted octanol–water partition coefficient (Wildman–Crippen LogP) is 3.72. The number of ether oxygens (including phenoxy) is 1. The van der Waals surface area contributed by atoms with Crippen LogP contribution in [0.3, 0.4) is 0 Å². The number of anilines is 1. The van der Waals surface area contributed by atoms with E-state index in [4.69, 9.17) is 14.7 Å². The Hall–Kier alpha value is -2.42. The summed E-state index contributed by atoms with van der Waals surface area (Å²) >= 11 is 1.85. The standard InChI is InChI=1S/C24H35N5O3S/c1-5-16(4)21-26-22(20-17-8-7-15(3)13-18(17)33-23(20)27-21)28-9-11-29(12-10-28)24(31)25-14-19(30)32-6-2/h15-16H,5-14H2,1-4H3,(H,25,31)/t15-,16+/m1/s1. The smallest absolute Gasteiger partial charge is 0.325 e. The average molecular weight is 474 g/mol. The first-order valence-corrected chi connectivity index (χ1v) is 13.0. The number of amides is 2. The van der Waals surface area contributed by atoms with E-state index in [9.17, 15) is 9.59 Å². The van der Waals surface area contributed by atoms with Gasteiger partial charge in [0.25, 0.3) is 0 Å². The molecule has 2 atom stereocenters. The summed E-state index contributed by atoms with van der Waals surface area (Å²) in [5.74, 6) is 2.56. The van der Waals surface area contributed by atoms with E-state index in [0.717, 1.165) is 35.7 Å². The number of hydrogen-bond donors (Lipinski definition) is 1. The highest BCUT2D eigenvalue weighted by Crippen LogP contribution is 2.41. The van der Waals surface area contributed by atoms with Gasteiger partial charge >= 0.3 is 12.0 Å². The molecule has 180 valence electrons. The van der Waals surface area contributed by atoms with Crippen molar-refractivity contribution in [1.29, 1.82) is 0 Å².